The Morgan fingerprint density at radius 1 is 1.07 bits per heavy atom. The molecule has 146 valence electrons. The number of hydrogen-bond donors (Lipinski definition) is 2. The Bertz CT molecular complexity index is 966. The minimum Gasteiger partial charge on any atom is -0.481 e. The zero-order valence-electron chi connectivity index (χ0n) is 14.8. The van der Waals surface area contributed by atoms with E-state index in [0.29, 0.717) is 29.9 Å². The van der Waals surface area contributed by atoms with E-state index < -0.39 is 35.9 Å². The third-order valence-electron chi connectivity index (χ3n) is 5.49. The molecule has 1 amide bonds. The van der Waals surface area contributed by atoms with Crippen LogP contribution in [-0.2, 0) is 19.1 Å². The second-order valence-corrected chi connectivity index (χ2v) is 7.02. The number of morpholine rings is 1. The number of aliphatic carboxylic acids is 1. The lowest BCUT2D eigenvalue weighted by Crippen LogP contribution is -2.39. The smallest absolute Gasteiger partial charge is 0.310 e. The van der Waals surface area contributed by atoms with Gasteiger partial charge in [0, 0.05) is 13.1 Å². The predicted molar refractivity (Wildman–Crippen MR) is 95.9 cm³/mol. The standard InChI is InChI=1S/C18H18N4O6/c23-17(13-11-3-4-12(27-11)14(13)18(24)25)19-9-1-2-10(16-15(9)20-28-21-16)22-5-7-26-8-6-22/h1-4,11-14H,5-8H2,(H,19,23)(H,24,25)/t11-,12-,13+,14-/m0/s1. The van der Waals surface area contributed by atoms with Crippen molar-refractivity contribution in [3.8, 4) is 0 Å². The quantitative estimate of drug-likeness (QED) is 0.728. The molecule has 28 heavy (non-hydrogen) atoms. The Labute approximate surface area is 159 Å². The van der Waals surface area contributed by atoms with E-state index in [1.165, 1.54) is 0 Å². The molecule has 0 saturated carbocycles. The second kappa shape index (κ2) is 6.57. The Hall–Kier alpha value is -2.98. The van der Waals surface area contributed by atoms with E-state index in [1.807, 2.05) is 6.07 Å². The first-order valence-electron chi connectivity index (χ1n) is 9.09. The van der Waals surface area contributed by atoms with Gasteiger partial charge in [0.2, 0.25) is 5.91 Å². The maximum absolute atomic E-state index is 12.9. The van der Waals surface area contributed by atoms with E-state index in [4.69, 9.17) is 14.1 Å². The molecule has 10 heteroatoms. The molecule has 1 aromatic carbocycles. The molecule has 2 aromatic rings. The van der Waals surface area contributed by atoms with Crippen LogP contribution in [0.2, 0.25) is 0 Å². The number of amides is 1. The van der Waals surface area contributed by atoms with E-state index in [2.05, 4.69) is 20.5 Å². The summed E-state index contributed by atoms with van der Waals surface area (Å²) >= 11 is 0. The molecule has 2 N–H and O–H groups in total. The Morgan fingerprint density at radius 2 is 1.79 bits per heavy atom. The van der Waals surface area contributed by atoms with Crippen LogP contribution in [0.3, 0.4) is 0 Å². The predicted octanol–water partition coefficient (Wildman–Crippen LogP) is 0.652. The summed E-state index contributed by atoms with van der Waals surface area (Å²) in [5.74, 6) is -3.18. The average Bonchev–Trinajstić information content (AvgIpc) is 3.44. The molecule has 3 aliphatic rings. The molecule has 4 heterocycles. The molecule has 0 radical (unpaired) electrons. The van der Waals surface area contributed by atoms with Crippen LogP contribution in [0, 0.1) is 11.8 Å². The molecule has 3 aliphatic heterocycles. The van der Waals surface area contributed by atoms with Crippen molar-refractivity contribution in [3.63, 3.8) is 0 Å². The summed E-state index contributed by atoms with van der Waals surface area (Å²) in [6, 6.07) is 3.58. The van der Waals surface area contributed by atoms with Crippen LogP contribution in [0.25, 0.3) is 11.0 Å². The molecular formula is C18H18N4O6. The van der Waals surface area contributed by atoms with Crippen molar-refractivity contribution >= 4 is 34.3 Å². The van der Waals surface area contributed by atoms with Gasteiger partial charge in [-0.1, -0.05) is 12.2 Å². The Kier molecular flexibility index (Phi) is 4.02. The first-order chi connectivity index (χ1) is 13.6. The van der Waals surface area contributed by atoms with Crippen molar-refractivity contribution in [2.75, 3.05) is 36.5 Å². The largest absolute Gasteiger partial charge is 0.481 e. The van der Waals surface area contributed by atoms with Crippen LogP contribution < -0.4 is 10.2 Å². The number of fused-ring (bicyclic) bond motifs is 3. The fraction of sp³-hybridized carbons (Fsp3) is 0.444. The fourth-order valence-corrected chi connectivity index (χ4v) is 4.14. The average molecular weight is 386 g/mol. The van der Waals surface area contributed by atoms with Gasteiger partial charge in [-0.2, -0.15) is 0 Å². The van der Waals surface area contributed by atoms with Crippen molar-refractivity contribution in [1.82, 2.24) is 10.3 Å². The Balaban J connectivity index is 1.43. The lowest BCUT2D eigenvalue weighted by molar-refractivity contribution is -0.145. The van der Waals surface area contributed by atoms with Gasteiger partial charge in [-0.3, -0.25) is 9.59 Å². The molecule has 10 nitrogen and oxygen atoms in total. The van der Waals surface area contributed by atoms with Gasteiger partial charge in [-0.25, -0.2) is 4.63 Å². The van der Waals surface area contributed by atoms with Crippen molar-refractivity contribution in [1.29, 1.82) is 0 Å². The number of nitrogens with zero attached hydrogens (tertiary/aromatic N) is 3. The van der Waals surface area contributed by atoms with E-state index in [1.54, 1.807) is 18.2 Å². The highest BCUT2D eigenvalue weighted by atomic mass is 16.6. The molecule has 0 aliphatic carbocycles. The number of hydrogen-bond acceptors (Lipinski definition) is 8. The van der Waals surface area contributed by atoms with Crippen LogP contribution in [0.5, 0.6) is 0 Å². The number of carbonyl (C=O) groups is 2. The van der Waals surface area contributed by atoms with Crippen molar-refractivity contribution in [2.45, 2.75) is 12.2 Å². The van der Waals surface area contributed by atoms with E-state index in [0.717, 1.165) is 18.8 Å². The topological polar surface area (TPSA) is 127 Å². The number of benzene rings is 1. The van der Waals surface area contributed by atoms with Crippen molar-refractivity contribution < 1.29 is 28.8 Å². The maximum Gasteiger partial charge on any atom is 0.310 e. The number of nitrogens with one attached hydrogen (secondary N) is 1. The molecule has 1 aromatic heterocycles. The summed E-state index contributed by atoms with van der Waals surface area (Å²) < 4.78 is 15.9. The number of ether oxygens (including phenoxy) is 2. The van der Waals surface area contributed by atoms with Crippen LogP contribution in [0.4, 0.5) is 11.4 Å². The zero-order chi connectivity index (χ0) is 19.3. The van der Waals surface area contributed by atoms with Gasteiger partial charge in [0.25, 0.3) is 0 Å². The first-order valence-corrected chi connectivity index (χ1v) is 9.09. The molecule has 4 atom stereocenters. The molecule has 0 unspecified atom stereocenters. The summed E-state index contributed by atoms with van der Waals surface area (Å²) in [6.07, 6.45) is 2.33. The minimum absolute atomic E-state index is 0.420. The minimum atomic E-state index is -1.05. The van der Waals surface area contributed by atoms with Crippen LogP contribution in [0.1, 0.15) is 0 Å². The molecular weight excluding hydrogens is 368 g/mol. The third kappa shape index (κ3) is 2.64. The summed E-state index contributed by atoms with van der Waals surface area (Å²) in [5.41, 5.74) is 2.24. The molecule has 2 saturated heterocycles. The van der Waals surface area contributed by atoms with E-state index >= 15 is 0 Å². The summed E-state index contributed by atoms with van der Waals surface area (Å²) in [4.78, 5) is 26.6. The maximum atomic E-state index is 12.9. The van der Waals surface area contributed by atoms with Gasteiger partial charge >= 0.3 is 5.97 Å². The van der Waals surface area contributed by atoms with Crippen LogP contribution >= 0.6 is 0 Å². The molecule has 0 spiro atoms. The molecule has 2 bridgehead atoms. The number of aromatic nitrogens is 2. The van der Waals surface area contributed by atoms with Gasteiger partial charge in [0.05, 0.1) is 42.7 Å². The number of carboxylic acids is 1. The molecule has 5 rings (SSSR count). The van der Waals surface area contributed by atoms with E-state index in [-0.39, 0.29) is 0 Å². The third-order valence-corrected chi connectivity index (χ3v) is 5.49. The number of anilines is 2. The van der Waals surface area contributed by atoms with Gasteiger partial charge in [0.1, 0.15) is 5.92 Å². The number of rotatable bonds is 4. The SMILES string of the molecule is O=C(O)[C@@H]1[C@H](C(=O)Nc2ccc(N3CCOCC3)c3nonc23)[C@@H]2C=C[C@@H]1O2. The molecule has 2 fully saturated rings. The lowest BCUT2D eigenvalue weighted by Gasteiger charge is -2.29. The second-order valence-electron chi connectivity index (χ2n) is 7.02. The van der Waals surface area contributed by atoms with Crippen LogP contribution in [-0.4, -0.2) is 65.8 Å². The van der Waals surface area contributed by atoms with Crippen LogP contribution in [0.15, 0.2) is 28.9 Å². The van der Waals surface area contributed by atoms with Gasteiger partial charge < -0.3 is 24.8 Å². The first kappa shape index (κ1) is 17.1. The Morgan fingerprint density at radius 3 is 2.54 bits per heavy atom. The zero-order valence-corrected chi connectivity index (χ0v) is 14.8. The highest BCUT2D eigenvalue weighted by Crippen LogP contribution is 2.40. The van der Waals surface area contributed by atoms with Crippen molar-refractivity contribution in [3.05, 3.63) is 24.3 Å². The number of carbonyl (C=O) groups excluding carboxylic acids is 1. The van der Waals surface area contributed by atoms with E-state index in [9.17, 15) is 14.7 Å². The highest BCUT2D eigenvalue weighted by Gasteiger charge is 2.53. The van der Waals surface area contributed by atoms with Crippen molar-refractivity contribution in [2.24, 2.45) is 11.8 Å². The highest BCUT2D eigenvalue weighted by molar-refractivity contribution is 6.04. The van der Waals surface area contributed by atoms with Gasteiger partial charge in [-0.05, 0) is 22.4 Å². The summed E-state index contributed by atoms with van der Waals surface area (Å²) in [7, 11) is 0. The summed E-state index contributed by atoms with van der Waals surface area (Å²) in [5, 5.41) is 20.2. The number of carboxylic acid groups (broad SMARTS) is 1. The normalized spacial score (nSPS) is 28.8. The summed E-state index contributed by atoms with van der Waals surface area (Å²) in [6.45, 7) is 2.70. The monoisotopic (exact) mass is 386 g/mol. The van der Waals surface area contributed by atoms with Gasteiger partial charge in [0.15, 0.2) is 11.0 Å². The lowest BCUT2D eigenvalue weighted by atomic mass is 9.82. The van der Waals surface area contributed by atoms with Gasteiger partial charge in [-0.15, -0.1) is 0 Å². The fourth-order valence-electron chi connectivity index (χ4n) is 4.14.